The second kappa shape index (κ2) is 7.41. The second-order valence-corrected chi connectivity index (χ2v) is 5.58. The van der Waals surface area contributed by atoms with Gasteiger partial charge >= 0.3 is 5.97 Å². The van der Waals surface area contributed by atoms with E-state index in [1.54, 1.807) is 0 Å². The molecule has 3 atom stereocenters. The van der Waals surface area contributed by atoms with E-state index in [0.29, 0.717) is 19.4 Å². The summed E-state index contributed by atoms with van der Waals surface area (Å²) in [5.74, 6) is -2.57. The maximum Gasteiger partial charge on any atom is 0.330 e. The van der Waals surface area contributed by atoms with E-state index in [2.05, 4.69) is 5.32 Å². The molecule has 1 saturated heterocycles. The number of carbonyl (C=O) groups excluding carboxylic acids is 1. The van der Waals surface area contributed by atoms with Gasteiger partial charge in [-0.05, 0) is 37.5 Å². The highest BCUT2D eigenvalue weighted by molar-refractivity contribution is 5.86. The molecule has 2 rings (SSSR count). The normalized spacial score (nSPS) is 22.2. The van der Waals surface area contributed by atoms with Crippen molar-refractivity contribution in [2.45, 2.75) is 31.9 Å². The summed E-state index contributed by atoms with van der Waals surface area (Å²) in [4.78, 5) is 23.7. The summed E-state index contributed by atoms with van der Waals surface area (Å²) in [6.07, 6.45) is 1.04. The first kappa shape index (κ1) is 17.2. The minimum Gasteiger partial charge on any atom is -0.494 e. The van der Waals surface area contributed by atoms with Gasteiger partial charge in [0.05, 0.1) is 13.2 Å². The van der Waals surface area contributed by atoms with Gasteiger partial charge in [-0.3, -0.25) is 4.79 Å². The molecular formula is C16H20FNO5. The van der Waals surface area contributed by atoms with E-state index in [-0.39, 0.29) is 29.2 Å². The van der Waals surface area contributed by atoms with Crippen LogP contribution in [0.1, 0.15) is 31.4 Å². The number of aliphatic carboxylic acids is 1. The van der Waals surface area contributed by atoms with E-state index in [4.69, 9.17) is 9.47 Å². The number of ether oxygens (including phenoxy) is 2. The van der Waals surface area contributed by atoms with E-state index < -0.39 is 17.8 Å². The molecule has 1 aliphatic rings. The van der Waals surface area contributed by atoms with Crippen molar-refractivity contribution < 1.29 is 28.6 Å². The molecule has 1 heterocycles. The minimum atomic E-state index is -1.30. The fraction of sp³-hybridized carbons (Fsp3) is 0.500. The summed E-state index contributed by atoms with van der Waals surface area (Å²) in [6, 6.07) is 2.52. The highest BCUT2D eigenvalue weighted by Crippen LogP contribution is 2.24. The number of nitrogens with one attached hydrogen (secondary N) is 1. The van der Waals surface area contributed by atoms with Crippen LogP contribution in [-0.4, -0.2) is 36.8 Å². The van der Waals surface area contributed by atoms with Gasteiger partial charge in [-0.25, -0.2) is 9.18 Å². The standard InChI is InChI=1S/C16H20FNO5/c1-9-7-11(5-6-23-9)15(19)18-14(16(20)21)10-3-4-13(22-2)12(17)8-10/h3-4,8-9,11,14H,5-7H2,1-2H3,(H,18,19)(H,20,21)/t9-,11-,14+/m1/s1. The molecule has 0 saturated carbocycles. The Balaban J connectivity index is 2.14. The third-order valence-electron chi connectivity index (χ3n) is 3.90. The topological polar surface area (TPSA) is 84.9 Å². The molecule has 0 bridgehead atoms. The first-order valence-electron chi connectivity index (χ1n) is 7.40. The third-order valence-corrected chi connectivity index (χ3v) is 3.90. The van der Waals surface area contributed by atoms with Crippen LogP contribution < -0.4 is 10.1 Å². The quantitative estimate of drug-likeness (QED) is 0.863. The van der Waals surface area contributed by atoms with Crippen LogP contribution >= 0.6 is 0 Å². The predicted molar refractivity (Wildman–Crippen MR) is 79.6 cm³/mol. The Labute approximate surface area is 133 Å². The first-order chi connectivity index (χ1) is 10.9. The molecule has 23 heavy (non-hydrogen) atoms. The van der Waals surface area contributed by atoms with E-state index in [0.717, 1.165) is 6.07 Å². The van der Waals surface area contributed by atoms with Crippen LogP contribution in [0.4, 0.5) is 4.39 Å². The molecule has 1 fully saturated rings. The van der Waals surface area contributed by atoms with Crippen LogP contribution in [0.3, 0.4) is 0 Å². The van der Waals surface area contributed by atoms with E-state index in [1.807, 2.05) is 6.92 Å². The van der Waals surface area contributed by atoms with Gasteiger partial charge in [0.15, 0.2) is 17.6 Å². The lowest BCUT2D eigenvalue weighted by molar-refractivity contribution is -0.143. The molecule has 0 spiro atoms. The molecule has 0 radical (unpaired) electrons. The lowest BCUT2D eigenvalue weighted by Crippen LogP contribution is -2.40. The van der Waals surface area contributed by atoms with E-state index >= 15 is 0 Å². The van der Waals surface area contributed by atoms with Crippen molar-refractivity contribution in [3.8, 4) is 5.75 Å². The monoisotopic (exact) mass is 325 g/mol. The lowest BCUT2D eigenvalue weighted by atomic mass is 9.94. The van der Waals surface area contributed by atoms with Gasteiger partial charge in [-0.2, -0.15) is 0 Å². The average Bonchev–Trinajstić information content (AvgIpc) is 2.52. The van der Waals surface area contributed by atoms with Gasteiger partial charge in [0.1, 0.15) is 0 Å². The molecule has 6 nitrogen and oxygen atoms in total. The Bertz CT molecular complexity index is 592. The largest absolute Gasteiger partial charge is 0.494 e. The van der Waals surface area contributed by atoms with Crippen molar-refractivity contribution in [2.75, 3.05) is 13.7 Å². The van der Waals surface area contributed by atoms with Crippen molar-refractivity contribution in [3.05, 3.63) is 29.6 Å². The Hall–Kier alpha value is -2.15. The molecule has 1 amide bonds. The van der Waals surface area contributed by atoms with Crippen LogP contribution in [0.5, 0.6) is 5.75 Å². The number of hydrogen-bond acceptors (Lipinski definition) is 4. The van der Waals surface area contributed by atoms with Gasteiger partial charge in [0, 0.05) is 12.5 Å². The molecular weight excluding hydrogens is 305 g/mol. The molecule has 1 aromatic rings. The maximum atomic E-state index is 13.8. The molecule has 0 aliphatic carbocycles. The molecule has 0 aromatic heterocycles. The number of carbonyl (C=O) groups is 2. The van der Waals surface area contributed by atoms with E-state index in [9.17, 15) is 19.1 Å². The number of carboxylic acid groups (broad SMARTS) is 1. The zero-order chi connectivity index (χ0) is 17.0. The number of methoxy groups -OCH3 is 1. The summed E-state index contributed by atoms with van der Waals surface area (Å²) >= 11 is 0. The number of hydrogen-bond donors (Lipinski definition) is 2. The Morgan fingerprint density at radius 3 is 2.78 bits per heavy atom. The Morgan fingerprint density at radius 1 is 1.48 bits per heavy atom. The molecule has 7 heteroatoms. The third kappa shape index (κ3) is 4.19. The smallest absolute Gasteiger partial charge is 0.330 e. The highest BCUT2D eigenvalue weighted by Gasteiger charge is 2.30. The summed E-state index contributed by atoms with van der Waals surface area (Å²) < 4.78 is 24.0. The SMILES string of the molecule is COc1ccc([C@H](NC(=O)[C@@H]2CCO[C@H](C)C2)C(=O)O)cc1F. The molecule has 0 unspecified atom stereocenters. The fourth-order valence-electron chi connectivity index (χ4n) is 2.65. The van der Waals surface area contributed by atoms with Crippen molar-refractivity contribution in [1.82, 2.24) is 5.32 Å². The summed E-state index contributed by atoms with van der Waals surface area (Å²) in [5, 5.41) is 11.8. The highest BCUT2D eigenvalue weighted by atomic mass is 19.1. The number of halogens is 1. The number of rotatable bonds is 5. The number of carboxylic acids is 1. The maximum absolute atomic E-state index is 13.8. The fourth-order valence-corrected chi connectivity index (χ4v) is 2.65. The van der Waals surface area contributed by atoms with E-state index in [1.165, 1.54) is 19.2 Å². The Kier molecular flexibility index (Phi) is 5.54. The lowest BCUT2D eigenvalue weighted by Gasteiger charge is -2.27. The molecule has 2 N–H and O–H groups in total. The molecule has 1 aromatic carbocycles. The second-order valence-electron chi connectivity index (χ2n) is 5.58. The number of amides is 1. The average molecular weight is 325 g/mol. The first-order valence-corrected chi connectivity index (χ1v) is 7.40. The van der Waals surface area contributed by atoms with Gasteiger partial charge in [-0.15, -0.1) is 0 Å². The zero-order valence-corrected chi connectivity index (χ0v) is 13.0. The van der Waals surface area contributed by atoms with Crippen LogP contribution in [-0.2, 0) is 14.3 Å². The van der Waals surface area contributed by atoms with Gasteiger partial charge in [0.25, 0.3) is 0 Å². The van der Waals surface area contributed by atoms with Crippen molar-refractivity contribution in [1.29, 1.82) is 0 Å². The molecule has 126 valence electrons. The zero-order valence-electron chi connectivity index (χ0n) is 13.0. The van der Waals surface area contributed by atoms with Crippen LogP contribution in [0.25, 0.3) is 0 Å². The summed E-state index contributed by atoms with van der Waals surface area (Å²) in [6.45, 7) is 2.33. The Morgan fingerprint density at radius 2 is 2.22 bits per heavy atom. The van der Waals surface area contributed by atoms with Crippen LogP contribution in [0.15, 0.2) is 18.2 Å². The van der Waals surface area contributed by atoms with Gasteiger partial charge in [0.2, 0.25) is 5.91 Å². The van der Waals surface area contributed by atoms with Crippen molar-refractivity contribution in [2.24, 2.45) is 5.92 Å². The summed E-state index contributed by atoms with van der Waals surface area (Å²) in [7, 11) is 1.32. The summed E-state index contributed by atoms with van der Waals surface area (Å²) in [5.41, 5.74) is 0.157. The predicted octanol–water partition coefficient (Wildman–Crippen LogP) is 1.89. The van der Waals surface area contributed by atoms with Crippen LogP contribution in [0, 0.1) is 11.7 Å². The van der Waals surface area contributed by atoms with Gasteiger partial charge in [-0.1, -0.05) is 6.07 Å². The van der Waals surface area contributed by atoms with Crippen molar-refractivity contribution >= 4 is 11.9 Å². The van der Waals surface area contributed by atoms with Crippen LogP contribution in [0.2, 0.25) is 0 Å². The number of benzene rings is 1. The van der Waals surface area contributed by atoms with Crippen molar-refractivity contribution in [3.63, 3.8) is 0 Å². The van der Waals surface area contributed by atoms with Gasteiger partial charge < -0.3 is 19.9 Å². The molecule has 1 aliphatic heterocycles. The minimum absolute atomic E-state index is 0.0162.